The summed E-state index contributed by atoms with van der Waals surface area (Å²) in [5.74, 6) is 0.544. The van der Waals surface area contributed by atoms with Crippen LogP contribution in [0.1, 0.15) is 25.0 Å². The molecule has 1 aromatic carbocycles. The first-order valence-corrected chi connectivity index (χ1v) is 6.26. The van der Waals surface area contributed by atoms with E-state index in [2.05, 4.69) is 24.5 Å². The summed E-state index contributed by atoms with van der Waals surface area (Å²) >= 11 is 0. The minimum absolute atomic E-state index is 0.127. The first-order chi connectivity index (χ1) is 8.09. The van der Waals surface area contributed by atoms with Crippen LogP contribution in [0.4, 0.5) is 4.39 Å². The Bertz CT molecular complexity index is 337. The molecule has 0 unspecified atom stereocenters. The van der Waals surface area contributed by atoms with E-state index in [0.717, 1.165) is 30.8 Å². The molecular formula is C14H23FN2. The first kappa shape index (κ1) is 14.1. The molecule has 17 heavy (non-hydrogen) atoms. The second-order valence-corrected chi connectivity index (χ2v) is 4.87. The standard InChI is InChI=1S/C14H23FN2/c1-11(2)9-16-6-7-17-10-13-8-12(3)4-5-14(13)15/h4-5,8,11,16-17H,6-7,9-10H2,1-3H3. The highest BCUT2D eigenvalue weighted by Gasteiger charge is 2.01. The molecule has 0 aliphatic rings. The van der Waals surface area contributed by atoms with E-state index >= 15 is 0 Å². The van der Waals surface area contributed by atoms with E-state index in [-0.39, 0.29) is 5.82 Å². The van der Waals surface area contributed by atoms with Gasteiger partial charge in [-0.15, -0.1) is 0 Å². The molecular weight excluding hydrogens is 215 g/mol. The largest absolute Gasteiger partial charge is 0.315 e. The van der Waals surface area contributed by atoms with Crippen LogP contribution in [0, 0.1) is 18.7 Å². The van der Waals surface area contributed by atoms with E-state index in [1.54, 1.807) is 6.07 Å². The maximum Gasteiger partial charge on any atom is 0.127 e. The van der Waals surface area contributed by atoms with Gasteiger partial charge in [0.15, 0.2) is 0 Å². The zero-order chi connectivity index (χ0) is 12.7. The molecule has 1 aromatic rings. The Morgan fingerprint density at radius 2 is 1.88 bits per heavy atom. The number of hydrogen-bond donors (Lipinski definition) is 2. The van der Waals surface area contributed by atoms with Crippen molar-refractivity contribution < 1.29 is 4.39 Å². The third kappa shape index (κ3) is 5.80. The molecule has 96 valence electrons. The van der Waals surface area contributed by atoms with E-state index in [9.17, 15) is 4.39 Å². The maximum atomic E-state index is 13.4. The Kier molecular flexibility index (Phi) is 6.16. The normalized spacial score (nSPS) is 11.1. The number of nitrogens with one attached hydrogen (secondary N) is 2. The van der Waals surface area contributed by atoms with Crippen molar-refractivity contribution in [3.63, 3.8) is 0 Å². The summed E-state index contributed by atoms with van der Waals surface area (Å²) < 4.78 is 13.4. The van der Waals surface area contributed by atoms with Gasteiger partial charge in [0.2, 0.25) is 0 Å². The summed E-state index contributed by atoms with van der Waals surface area (Å²) in [4.78, 5) is 0. The van der Waals surface area contributed by atoms with Gasteiger partial charge in [-0.3, -0.25) is 0 Å². The molecule has 1 rings (SSSR count). The predicted molar refractivity (Wildman–Crippen MR) is 70.6 cm³/mol. The summed E-state index contributed by atoms with van der Waals surface area (Å²) in [5, 5.41) is 6.58. The molecule has 0 saturated heterocycles. The second kappa shape index (κ2) is 7.41. The molecule has 2 N–H and O–H groups in total. The summed E-state index contributed by atoms with van der Waals surface area (Å²) in [7, 11) is 0. The fraction of sp³-hybridized carbons (Fsp3) is 0.571. The highest BCUT2D eigenvalue weighted by atomic mass is 19.1. The van der Waals surface area contributed by atoms with E-state index in [1.165, 1.54) is 6.07 Å². The molecule has 0 heterocycles. The van der Waals surface area contributed by atoms with Gasteiger partial charge in [-0.25, -0.2) is 4.39 Å². The van der Waals surface area contributed by atoms with Crippen molar-refractivity contribution in [3.05, 3.63) is 35.1 Å². The van der Waals surface area contributed by atoms with Crippen LogP contribution in [0.3, 0.4) is 0 Å². The molecule has 0 aromatic heterocycles. The molecule has 0 bridgehead atoms. The van der Waals surface area contributed by atoms with Crippen molar-refractivity contribution in [2.24, 2.45) is 5.92 Å². The SMILES string of the molecule is Cc1ccc(F)c(CNCCNCC(C)C)c1. The highest BCUT2D eigenvalue weighted by Crippen LogP contribution is 2.09. The topological polar surface area (TPSA) is 24.1 Å². The van der Waals surface area contributed by atoms with Crippen LogP contribution in [-0.2, 0) is 6.54 Å². The molecule has 0 aliphatic heterocycles. The Hall–Kier alpha value is -0.930. The zero-order valence-electron chi connectivity index (χ0n) is 11.0. The number of hydrogen-bond acceptors (Lipinski definition) is 2. The lowest BCUT2D eigenvalue weighted by atomic mass is 10.1. The van der Waals surface area contributed by atoms with E-state index in [1.807, 2.05) is 13.0 Å². The number of halogens is 1. The zero-order valence-corrected chi connectivity index (χ0v) is 11.0. The monoisotopic (exact) mass is 238 g/mol. The quantitative estimate of drug-likeness (QED) is 0.713. The first-order valence-electron chi connectivity index (χ1n) is 6.26. The van der Waals surface area contributed by atoms with Crippen LogP contribution in [-0.4, -0.2) is 19.6 Å². The molecule has 0 fully saturated rings. The van der Waals surface area contributed by atoms with Gasteiger partial charge in [0.25, 0.3) is 0 Å². The average Bonchev–Trinajstić information content (AvgIpc) is 2.27. The van der Waals surface area contributed by atoms with Gasteiger partial charge in [0.05, 0.1) is 0 Å². The molecule has 0 saturated carbocycles. The lowest BCUT2D eigenvalue weighted by Gasteiger charge is -2.09. The van der Waals surface area contributed by atoms with Crippen molar-refractivity contribution in [1.29, 1.82) is 0 Å². The molecule has 0 amide bonds. The van der Waals surface area contributed by atoms with Gasteiger partial charge in [-0.05, 0) is 25.5 Å². The van der Waals surface area contributed by atoms with Gasteiger partial charge < -0.3 is 10.6 Å². The molecule has 3 heteroatoms. The average molecular weight is 238 g/mol. The van der Waals surface area contributed by atoms with Crippen molar-refractivity contribution >= 4 is 0 Å². The Balaban J connectivity index is 2.20. The van der Waals surface area contributed by atoms with Crippen molar-refractivity contribution in [2.75, 3.05) is 19.6 Å². The van der Waals surface area contributed by atoms with Crippen LogP contribution in [0.15, 0.2) is 18.2 Å². The minimum atomic E-state index is -0.127. The number of aryl methyl sites for hydroxylation is 1. The van der Waals surface area contributed by atoms with Crippen molar-refractivity contribution in [2.45, 2.75) is 27.3 Å². The van der Waals surface area contributed by atoms with Crippen LogP contribution in [0.2, 0.25) is 0 Å². The van der Waals surface area contributed by atoms with Gasteiger partial charge in [0, 0.05) is 25.2 Å². The lowest BCUT2D eigenvalue weighted by Crippen LogP contribution is -2.29. The minimum Gasteiger partial charge on any atom is -0.315 e. The molecule has 0 radical (unpaired) electrons. The van der Waals surface area contributed by atoms with Crippen LogP contribution < -0.4 is 10.6 Å². The van der Waals surface area contributed by atoms with Gasteiger partial charge in [-0.1, -0.05) is 31.5 Å². The van der Waals surface area contributed by atoms with Gasteiger partial charge in [-0.2, -0.15) is 0 Å². The van der Waals surface area contributed by atoms with Crippen molar-refractivity contribution in [1.82, 2.24) is 10.6 Å². The fourth-order valence-electron chi connectivity index (χ4n) is 1.63. The Morgan fingerprint density at radius 3 is 2.59 bits per heavy atom. The fourth-order valence-corrected chi connectivity index (χ4v) is 1.63. The molecule has 0 aliphatic carbocycles. The summed E-state index contributed by atoms with van der Waals surface area (Å²) in [6.07, 6.45) is 0. The van der Waals surface area contributed by atoms with Crippen LogP contribution >= 0.6 is 0 Å². The third-order valence-corrected chi connectivity index (χ3v) is 2.55. The Morgan fingerprint density at radius 1 is 1.18 bits per heavy atom. The lowest BCUT2D eigenvalue weighted by molar-refractivity contribution is 0.530. The van der Waals surface area contributed by atoms with Crippen LogP contribution in [0.5, 0.6) is 0 Å². The third-order valence-electron chi connectivity index (χ3n) is 2.55. The molecule has 0 atom stereocenters. The van der Waals surface area contributed by atoms with E-state index in [4.69, 9.17) is 0 Å². The van der Waals surface area contributed by atoms with Gasteiger partial charge >= 0.3 is 0 Å². The molecule has 2 nitrogen and oxygen atoms in total. The summed E-state index contributed by atoms with van der Waals surface area (Å²) in [6.45, 7) is 9.75. The predicted octanol–water partition coefficient (Wildman–Crippen LogP) is 2.47. The van der Waals surface area contributed by atoms with E-state index < -0.39 is 0 Å². The maximum absolute atomic E-state index is 13.4. The van der Waals surface area contributed by atoms with Crippen molar-refractivity contribution in [3.8, 4) is 0 Å². The van der Waals surface area contributed by atoms with E-state index in [0.29, 0.717) is 12.5 Å². The summed E-state index contributed by atoms with van der Waals surface area (Å²) in [5.41, 5.74) is 1.84. The highest BCUT2D eigenvalue weighted by molar-refractivity contribution is 5.23. The van der Waals surface area contributed by atoms with Gasteiger partial charge in [0.1, 0.15) is 5.82 Å². The number of benzene rings is 1. The molecule has 0 spiro atoms. The summed E-state index contributed by atoms with van der Waals surface area (Å²) in [6, 6.07) is 5.22. The number of rotatable bonds is 7. The smallest absolute Gasteiger partial charge is 0.127 e. The second-order valence-electron chi connectivity index (χ2n) is 4.87. The Labute approximate surface area is 104 Å². The van der Waals surface area contributed by atoms with Crippen LogP contribution in [0.25, 0.3) is 0 Å².